The van der Waals surface area contributed by atoms with Crippen molar-refractivity contribution in [2.24, 2.45) is 0 Å². The topological polar surface area (TPSA) is 44.8 Å². The third-order valence-corrected chi connectivity index (χ3v) is 3.97. The highest BCUT2D eigenvalue weighted by molar-refractivity contribution is 5.74. The molecule has 0 saturated heterocycles. The highest BCUT2D eigenvalue weighted by Crippen LogP contribution is 2.19. The Morgan fingerprint density at radius 1 is 0.741 bits per heavy atom. The molecule has 0 atom stereocenters. The number of ether oxygens (including phenoxy) is 3. The fourth-order valence-electron chi connectivity index (χ4n) is 2.50. The van der Waals surface area contributed by atoms with Crippen LogP contribution in [0.5, 0.6) is 17.2 Å². The smallest absolute Gasteiger partial charge is 0.349 e. The first-order valence-electron chi connectivity index (χ1n) is 8.92. The van der Waals surface area contributed by atoms with E-state index in [9.17, 15) is 4.79 Å². The molecule has 0 bridgehead atoms. The van der Waals surface area contributed by atoms with E-state index < -0.39 is 5.97 Å². The van der Waals surface area contributed by atoms with Crippen LogP contribution in [-0.2, 0) is 17.8 Å². The highest BCUT2D eigenvalue weighted by atomic mass is 16.6. The quantitative estimate of drug-likeness (QED) is 0.426. The second kappa shape index (κ2) is 9.43. The summed E-state index contributed by atoms with van der Waals surface area (Å²) in [7, 11) is 0. The Balaban J connectivity index is 1.46. The van der Waals surface area contributed by atoms with E-state index in [2.05, 4.69) is 6.92 Å². The summed E-state index contributed by atoms with van der Waals surface area (Å²) < 4.78 is 16.5. The van der Waals surface area contributed by atoms with E-state index in [1.165, 1.54) is 0 Å². The van der Waals surface area contributed by atoms with Crippen molar-refractivity contribution in [3.05, 3.63) is 90.0 Å². The summed E-state index contributed by atoms with van der Waals surface area (Å²) in [6, 6.07) is 24.6. The Bertz CT molecular complexity index is 857. The molecule has 3 aromatic rings. The van der Waals surface area contributed by atoms with Crippen LogP contribution in [0.3, 0.4) is 0 Å². The van der Waals surface area contributed by atoms with Crippen molar-refractivity contribution in [2.45, 2.75) is 20.0 Å². The summed E-state index contributed by atoms with van der Waals surface area (Å²) in [5.41, 5.74) is 2.25. The first kappa shape index (κ1) is 18.5. The van der Waals surface area contributed by atoms with E-state index >= 15 is 0 Å². The van der Waals surface area contributed by atoms with Crippen molar-refractivity contribution >= 4 is 5.97 Å². The summed E-state index contributed by atoms with van der Waals surface area (Å²) in [6.45, 7) is 2.42. The van der Waals surface area contributed by atoms with Gasteiger partial charge < -0.3 is 14.2 Å². The molecule has 3 rings (SSSR count). The van der Waals surface area contributed by atoms with Crippen LogP contribution in [0.25, 0.3) is 0 Å². The van der Waals surface area contributed by atoms with Gasteiger partial charge in [-0.3, -0.25) is 0 Å². The number of hydrogen-bond donors (Lipinski definition) is 0. The first-order valence-corrected chi connectivity index (χ1v) is 8.92. The third kappa shape index (κ3) is 5.89. The van der Waals surface area contributed by atoms with Crippen LogP contribution in [0.4, 0.5) is 0 Å². The summed E-state index contributed by atoms with van der Waals surface area (Å²) in [4.78, 5) is 12.0. The molecule has 0 spiro atoms. The molecule has 0 heterocycles. The maximum Gasteiger partial charge on any atom is 0.349 e. The lowest BCUT2D eigenvalue weighted by Gasteiger charge is -2.09. The summed E-state index contributed by atoms with van der Waals surface area (Å²) in [5.74, 6) is 1.38. The van der Waals surface area contributed by atoms with Gasteiger partial charge in [-0.1, -0.05) is 49.4 Å². The average Bonchev–Trinajstić information content (AvgIpc) is 2.73. The lowest BCUT2D eigenvalue weighted by molar-refractivity contribution is -0.136. The predicted octanol–water partition coefficient (Wildman–Crippen LogP) is 4.81. The minimum absolute atomic E-state index is 0.139. The van der Waals surface area contributed by atoms with Gasteiger partial charge in [-0.2, -0.15) is 0 Å². The lowest BCUT2D eigenvalue weighted by Crippen LogP contribution is -2.17. The fraction of sp³-hybridized carbons (Fsp3) is 0.174. The number of rotatable bonds is 8. The van der Waals surface area contributed by atoms with Gasteiger partial charge in [-0.15, -0.1) is 0 Å². The zero-order chi connectivity index (χ0) is 18.9. The summed E-state index contributed by atoms with van der Waals surface area (Å²) in [5, 5.41) is 0. The Morgan fingerprint density at radius 2 is 1.44 bits per heavy atom. The fourth-order valence-corrected chi connectivity index (χ4v) is 2.50. The molecule has 0 aromatic heterocycles. The van der Waals surface area contributed by atoms with Crippen LogP contribution in [0.15, 0.2) is 78.9 Å². The second-order valence-corrected chi connectivity index (χ2v) is 6.01. The van der Waals surface area contributed by atoms with Gasteiger partial charge in [0.15, 0.2) is 6.61 Å². The summed E-state index contributed by atoms with van der Waals surface area (Å²) >= 11 is 0. The van der Waals surface area contributed by atoms with Crippen LogP contribution in [0.2, 0.25) is 0 Å². The molecule has 0 aliphatic rings. The Morgan fingerprint density at radius 3 is 2.19 bits per heavy atom. The molecule has 3 aromatic carbocycles. The van der Waals surface area contributed by atoms with E-state index in [0.29, 0.717) is 23.9 Å². The van der Waals surface area contributed by atoms with Gasteiger partial charge in [-0.05, 0) is 53.9 Å². The molecule has 0 N–H and O–H groups in total. The van der Waals surface area contributed by atoms with Crippen LogP contribution in [0, 0.1) is 0 Å². The zero-order valence-electron chi connectivity index (χ0n) is 15.3. The Kier molecular flexibility index (Phi) is 6.47. The predicted molar refractivity (Wildman–Crippen MR) is 104 cm³/mol. The largest absolute Gasteiger partial charge is 0.489 e. The van der Waals surface area contributed by atoms with Gasteiger partial charge in [0, 0.05) is 0 Å². The summed E-state index contributed by atoms with van der Waals surface area (Å²) in [6.07, 6.45) is 0.917. The van der Waals surface area contributed by atoms with Crippen LogP contribution in [-0.4, -0.2) is 12.6 Å². The van der Waals surface area contributed by atoms with Gasteiger partial charge in [-0.25, -0.2) is 4.79 Å². The van der Waals surface area contributed by atoms with Gasteiger partial charge in [0.25, 0.3) is 0 Å². The van der Waals surface area contributed by atoms with Crippen LogP contribution in [0.1, 0.15) is 18.1 Å². The minimum Gasteiger partial charge on any atom is -0.489 e. The molecular weight excluding hydrogens is 340 g/mol. The number of esters is 1. The van der Waals surface area contributed by atoms with Crippen molar-refractivity contribution in [3.63, 3.8) is 0 Å². The molecule has 0 fully saturated rings. The molecular formula is C23H22O4. The van der Waals surface area contributed by atoms with Crippen molar-refractivity contribution in [3.8, 4) is 17.2 Å². The Hall–Kier alpha value is -3.27. The number of aryl methyl sites for hydroxylation is 1. The maximum atomic E-state index is 12.0. The van der Waals surface area contributed by atoms with E-state index in [1.54, 1.807) is 24.3 Å². The molecule has 0 saturated carbocycles. The minimum atomic E-state index is -0.449. The van der Waals surface area contributed by atoms with E-state index in [4.69, 9.17) is 14.2 Å². The maximum absolute atomic E-state index is 12.0. The molecule has 0 unspecified atom stereocenters. The molecule has 4 heteroatoms. The monoisotopic (exact) mass is 362 g/mol. The van der Waals surface area contributed by atoms with Crippen LogP contribution < -0.4 is 14.2 Å². The van der Waals surface area contributed by atoms with E-state index in [0.717, 1.165) is 17.5 Å². The second-order valence-electron chi connectivity index (χ2n) is 6.01. The van der Waals surface area contributed by atoms with Crippen molar-refractivity contribution in [1.82, 2.24) is 0 Å². The van der Waals surface area contributed by atoms with E-state index in [1.807, 2.05) is 54.6 Å². The van der Waals surface area contributed by atoms with Gasteiger partial charge >= 0.3 is 5.97 Å². The van der Waals surface area contributed by atoms with Gasteiger partial charge in [0.2, 0.25) is 0 Å². The average molecular weight is 362 g/mol. The van der Waals surface area contributed by atoms with E-state index in [-0.39, 0.29) is 6.61 Å². The number of carbonyl (C=O) groups is 1. The van der Waals surface area contributed by atoms with Crippen molar-refractivity contribution in [1.29, 1.82) is 0 Å². The number of hydrogen-bond acceptors (Lipinski definition) is 4. The molecule has 0 aliphatic carbocycles. The van der Waals surface area contributed by atoms with Crippen molar-refractivity contribution < 1.29 is 19.0 Å². The zero-order valence-corrected chi connectivity index (χ0v) is 15.3. The molecule has 27 heavy (non-hydrogen) atoms. The van der Waals surface area contributed by atoms with Crippen LogP contribution >= 0.6 is 0 Å². The van der Waals surface area contributed by atoms with Gasteiger partial charge in [0.05, 0.1) is 0 Å². The molecule has 0 amide bonds. The van der Waals surface area contributed by atoms with Crippen molar-refractivity contribution in [2.75, 3.05) is 6.61 Å². The Labute approximate surface area is 159 Å². The number of carbonyl (C=O) groups excluding carboxylic acids is 1. The SMILES string of the molecule is CCc1cccc(OCC(=O)Oc2ccc(OCc3ccccc3)cc2)c1. The van der Waals surface area contributed by atoms with Gasteiger partial charge in [0.1, 0.15) is 23.9 Å². The number of benzene rings is 3. The first-order chi connectivity index (χ1) is 13.2. The molecule has 138 valence electrons. The normalized spacial score (nSPS) is 10.3. The standard InChI is InChI=1S/C23H22O4/c1-2-18-9-6-10-22(15-18)26-17-23(24)27-21-13-11-20(12-14-21)25-16-19-7-4-3-5-8-19/h3-15H,2,16-17H2,1H3. The lowest BCUT2D eigenvalue weighted by atomic mass is 10.2. The highest BCUT2D eigenvalue weighted by Gasteiger charge is 2.07. The molecule has 0 aliphatic heterocycles. The third-order valence-electron chi connectivity index (χ3n) is 3.97. The molecule has 4 nitrogen and oxygen atoms in total. The molecule has 0 radical (unpaired) electrons.